The molecule has 0 aliphatic rings. The molecule has 18 heavy (non-hydrogen) atoms. The van der Waals surface area contributed by atoms with Gasteiger partial charge in [-0.3, -0.25) is 4.79 Å². The predicted molar refractivity (Wildman–Crippen MR) is 72.9 cm³/mol. The number of rotatable bonds is 7. The first-order valence-corrected chi connectivity index (χ1v) is 6.54. The molecule has 0 saturated heterocycles. The van der Waals surface area contributed by atoms with Crippen LogP contribution in [0.25, 0.3) is 0 Å². The monoisotopic (exact) mass is 249 g/mol. The Morgan fingerprint density at radius 3 is 2.56 bits per heavy atom. The third-order valence-electron chi connectivity index (χ3n) is 3.18. The van der Waals surface area contributed by atoms with Crippen LogP contribution in [-0.2, 0) is 16.1 Å². The van der Waals surface area contributed by atoms with Crippen molar-refractivity contribution in [1.29, 1.82) is 0 Å². The van der Waals surface area contributed by atoms with Gasteiger partial charge < -0.3 is 10.5 Å². The zero-order valence-corrected chi connectivity index (χ0v) is 11.3. The molecule has 0 aliphatic carbocycles. The van der Waals surface area contributed by atoms with E-state index in [-0.39, 0.29) is 12.0 Å². The first-order valence-electron chi connectivity index (χ1n) is 6.54. The van der Waals surface area contributed by atoms with E-state index in [1.165, 1.54) is 0 Å². The molecule has 1 aromatic rings. The lowest BCUT2D eigenvalue weighted by atomic mass is 9.98. The van der Waals surface area contributed by atoms with Gasteiger partial charge in [-0.25, -0.2) is 0 Å². The van der Waals surface area contributed by atoms with Crippen LogP contribution < -0.4 is 5.73 Å². The lowest BCUT2D eigenvalue weighted by Crippen LogP contribution is -2.24. The fourth-order valence-electron chi connectivity index (χ4n) is 1.64. The average molecular weight is 249 g/mol. The van der Waals surface area contributed by atoms with Crippen molar-refractivity contribution >= 4 is 5.97 Å². The molecule has 0 spiro atoms. The normalized spacial score (nSPS) is 13.9. The molecule has 0 heterocycles. The molecule has 0 saturated carbocycles. The van der Waals surface area contributed by atoms with Crippen molar-refractivity contribution in [3.63, 3.8) is 0 Å². The van der Waals surface area contributed by atoms with Gasteiger partial charge in [0.1, 0.15) is 6.61 Å². The summed E-state index contributed by atoms with van der Waals surface area (Å²) in [4.78, 5) is 11.5. The van der Waals surface area contributed by atoms with E-state index in [2.05, 4.69) is 6.92 Å². The third kappa shape index (κ3) is 5.82. The van der Waals surface area contributed by atoms with E-state index >= 15 is 0 Å². The zero-order chi connectivity index (χ0) is 13.4. The van der Waals surface area contributed by atoms with Gasteiger partial charge >= 0.3 is 5.97 Å². The van der Waals surface area contributed by atoms with Crippen LogP contribution in [0.1, 0.15) is 38.7 Å². The van der Waals surface area contributed by atoms with Crippen LogP contribution in [0.3, 0.4) is 0 Å². The highest BCUT2D eigenvalue weighted by Gasteiger charge is 2.09. The molecule has 0 radical (unpaired) electrons. The highest BCUT2D eigenvalue weighted by molar-refractivity contribution is 5.69. The van der Waals surface area contributed by atoms with Crippen LogP contribution in [0, 0.1) is 5.92 Å². The van der Waals surface area contributed by atoms with Gasteiger partial charge in [0, 0.05) is 12.5 Å². The molecular weight excluding hydrogens is 226 g/mol. The Labute approximate surface area is 109 Å². The van der Waals surface area contributed by atoms with Crippen LogP contribution in [0.15, 0.2) is 30.3 Å². The van der Waals surface area contributed by atoms with Gasteiger partial charge in [-0.05, 0) is 31.2 Å². The van der Waals surface area contributed by atoms with Gasteiger partial charge in [-0.15, -0.1) is 0 Å². The highest BCUT2D eigenvalue weighted by Crippen LogP contribution is 2.11. The number of hydrogen-bond acceptors (Lipinski definition) is 3. The van der Waals surface area contributed by atoms with Gasteiger partial charge in [0.15, 0.2) is 0 Å². The molecule has 0 bridgehead atoms. The van der Waals surface area contributed by atoms with Crippen molar-refractivity contribution in [3.05, 3.63) is 35.9 Å². The number of esters is 1. The maximum Gasteiger partial charge on any atom is 0.306 e. The van der Waals surface area contributed by atoms with Crippen LogP contribution in [-0.4, -0.2) is 12.0 Å². The quantitative estimate of drug-likeness (QED) is 0.756. The maximum atomic E-state index is 11.5. The number of nitrogens with two attached hydrogens (primary N) is 1. The van der Waals surface area contributed by atoms with Gasteiger partial charge in [0.05, 0.1) is 0 Å². The molecule has 0 amide bonds. The molecule has 0 aliphatic heterocycles. The largest absolute Gasteiger partial charge is 0.461 e. The summed E-state index contributed by atoms with van der Waals surface area (Å²) in [6.07, 6.45) is 2.29. The van der Waals surface area contributed by atoms with E-state index in [1.54, 1.807) is 0 Å². The molecule has 0 fully saturated rings. The first kappa shape index (κ1) is 14.7. The Kier molecular flexibility index (Phi) is 6.44. The number of hydrogen-bond donors (Lipinski definition) is 1. The van der Waals surface area contributed by atoms with Crippen LogP contribution in [0.5, 0.6) is 0 Å². The lowest BCUT2D eigenvalue weighted by Gasteiger charge is -2.14. The molecular formula is C15H23NO2. The van der Waals surface area contributed by atoms with Gasteiger partial charge in [-0.2, -0.15) is 0 Å². The average Bonchev–Trinajstić information content (AvgIpc) is 2.37. The highest BCUT2D eigenvalue weighted by atomic mass is 16.5. The third-order valence-corrected chi connectivity index (χ3v) is 3.18. The molecule has 1 rings (SSSR count). The summed E-state index contributed by atoms with van der Waals surface area (Å²) >= 11 is 0. The smallest absolute Gasteiger partial charge is 0.306 e. The van der Waals surface area contributed by atoms with E-state index in [9.17, 15) is 4.79 Å². The topological polar surface area (TPSA) is 52.3 Å². The first-order chi connectivity index (χ1) is 8.59. The van der Waals surface area contributed by atoms with Crippen LogP contribution in [0.2, 0.25) is 0 Å². The Morgan fingerprint density at radius 2 is 1.94 bits per heavy atom. The molecule has 0 aromatic heterocycles. The fourth-order valence-corrected chi connectivity index (χ4v) is 1.64. The summed E-state index contributed by atoms with van der Waals surface area (Å²) in [6, 6.07) is 9.91. The van der Waals surface area contributed by atoms with Gasteiger partial charge in [0.25, 0.3) is 0 Å². The zero-order valence-electron chi connectivity index (χ0n) is 11.3. The van der Waals surface area contributed by atoms with E-state index in [4.69, 9.17) is 10.5 Å². The van der Waals surface area contributed by atoms with Crippen LogP contribution in [0.4, 0.5) is 0 Å². The summed E-state index contributed by atoms with van der Waals surface area (Å²) in [6.45, 7) is 4.47. The van der Waals surface area contributed by atoms with Crippen molar-refractivity contribution in [2.24, 2.45) is 11.7 Å². The minimum atomic E-state index is -0.129. The van der Waals surface area contributed by atoms with Gasteiger partial charge in [0.2, 0.25) is 0 Å². The second-order valence-corrected chi connectivity index (χ2v) is 4.87. The summed E-state index contributed by atoms with van der Waals surface area (Å²) in [5.74, 6) is 0.322. The summed E-state index contributed by atoms with van der Waals surface area (Å²) in [7, 11) is 0. The van der Waals surface area contributed by atoms with Crippen molar-refractivity contribution in [3.8, 4) is 0 Å². The standard InChI is InChI=1S/C15H23NO2/c1-12(13(2)16)7-6-10-15(17)18-11-14-8-4-3-5-9-14/h3-5,8-9,12-13H,6-7,10-11,16H2,1-2H3/t12-,13?/m1/s1. The molecule has 2 N–H and O–H groups in total. The molecule has 3 nitrogen and oxygen atoms in total. The predicted octanol–water partition coefficient (Wildman–Crippen LogP) is 2.88. The maximum absolute atomic E-state index is 11.5. The number of benzene rings is 1. The molecule has 100 valence electrons. The molecule has 2 atom stereocenters. The van der Waals surface area contributed by atoms with Crippen molar-refractivity contribution in [2.45, 2.75) is 45.8 Å². The van der Waals surface area contributed by atoms with Crippen molar-refractivity contribution in [1.82, 2.24) is 0 Å². The van der Waals surface area contributed by atoms with Crippen LogP contribution >= 0.6 is 0 Å². The minimum absolute atomic E-state index is 0.129. The number of ether oxygens (including phenoxy) is 1. The molecule has 1 aromatic carbocycles. The van der Waals surface area contributed by atoms with E-state index in [0.717, 1.165) is 18.4 Å². The number of carbonyl (C=O) groups excluding carboxylic acids is 1. The SMILES string of the molecule is CC(N)[C@H](C)CCCC(=O)OCc1ccccc1. The Morgan fingerprint density at radius 1 is 1.28 bits per heavy atom. The molecule has 3 heteroatoms. The Hall–Kier alpha value is -1.35. The second kappa shape index (κ2) is 7.88. The Bertz CT molecular complexity index is 349. The summed E-state index contributed by atoms with van der Waals surface area (Å²) in [5.41, 5.74) is 6.79. The van der Waals surface area contributed by atoms with Gasteiger partial charge in [-0.1, -0.05) is 37.3 Å². The summed E-state index contributed by atoms with van der Waals surface area (Å²) in [5, 5.41) is 0. The molecule has 1 unspecified atom stereocenters. The summed E-state index contributed by atoms with van der Waals surface area (Å²) < 4.78 is 5.20. The van der Waals surface area contributed by atoms with E-state index < -0.39 is 0 Å². The van der Waals surface area contributed by atoms with Crippen molar-refractivity contribution < 1.29 is 9.53 Å². The fraction of sp³-hybridized carbons (Fsp3) is 0.533. The van der Waals surface area contributed by atoms with E-state index in [0.29, 0.717) is 18.9 Å². The minimum Gasteiger partial charge on any atom is -0.461 e. The Balaban J connectivity index is 2.15. The number of carbonyl (C=O) groups is 1. The van der Waals surface area contributed by atoms with E-state index in [1.807, 2.05) is 37.3 Å². The lowest BCUT2D eigenvalue weighted by molar-refractivity contribution is -0.145. The van der Waals surface area contributed by atoms with Crippen molar-refractivity contribution in [2.75, 3.05) is 0 Å². The second-order valence-electron chi connectivity index (χ2n) is 4.87.